The van der Waals surface area contributed by atoms with Crippen LogP contribution in [0.4, 0.5) is 0 Å². The van der Waals surface area contributed by atoms with E-state index in [2.05, 4.69) is 139 Å². The topological polar surface area (TPSA) is 21.7 Å². The van der Waals surface area contributed by atoms with Gasteiger partial charge in [-0.1, -0.05) is 92.8 Å². The number of nitrogens with zero attached hydrogens (tertiary/aromatic N) is 1. The average Bonchev–Trinajstić information content (AvgIpc) is 3.81. The molecule has 52 heavy (non-hydrogen) atoms. The van der Waals surface area contributed by atoms with Crippen LogP contribution in [0, 0.1) is 48.5 Å². The van der Waals surface area contributed by atoms with Crippen LogP contribution in [-0.2, 0) is 17.1 Å². The molecular weight excluding hydrogens is 716 g/mol. The van der Waals surface area contributed by atoms with Crippen LogP contribution < -0.4 is 30.7 Å². The molecule has 0 N–H and O–H groups in total. The standard InChI is InChI=1S/C39H49NO2P2.C5H10.2CH3.Fe/c1-26-22-33(23-27(2)37(26)41-8)44(34-24-28(3)38(42-9)29(4)25-34)39-35(30(5)40(6)7)20-21-36(39)43(31-16-12-10-13-17-31)32-18-14-11-15-19-32;1-2-4-5-3-1;;;/h10-19,22-25,30,35-36,39H,20-21H2,1-9H3;1-5H2;2*1H3;/q;;2*-1;+2/t30-,35?,36?,39?;;;;/m1..../s1. The third-order valence-electron chi connectivity index (χ3n) is 10.9. The minimum Gasteiger partial charge on any atom is -0.496 e. The van der Waals surface area contributed by atoms with Crippen molar-refractivity contribution in [2.75, 3.05) is 28.3 Å². The van der Waals surface area contributed by atoms with Crippen molar-refractivity contribution >= 4 is 37.1 Å². The third kappa shape index (κ3) is 10.5. The summed E-state index contributed by atoms with van der Waals surface area (Å²) >= 11 is 0. The summed E-state index contributed by atoms with van der Waals surface area (Å²) in [4.78, 5) is 2.45. The first-order valence-corrected chi connectivity index (χ1v) is 21.1. The van der Waals surface area contributed by atoms with E-state index in [1.807, 2.05) is 0 Å². The molecule has 0 radical (unpaired) electrons. The summed E-state index contributed by atoms with van der Waals surface area (Å²) < 4.78 is 11.7. The van der Waals surface area contributed by atoms with Gasteiger partial charge in [-0.15, -0.1) is 0 Å². The Morgan fingerprint density at radius 2 is 0.942 bits per heavy atom. The molecule has 0 aliphatic heterocycles. The second-order valence-corrected chi connectivity index (χ2v) is 19.2. The fourth-order valence-corrected chi connectivity index (χ4v) is 15.8. The summed E-state index contributed by atoms with van der Waals surface area (Å²) in [7, 11) is 6.81. The Bertz CT molecular complexity index is 1490. The molecule has 3 unspecified atom stereocenters. The maximum Gasteiger partial charge on any atom is 2.00 e. The number of rotatable bonds is 10. The number of aryl methyl sites for hydroxylation is 4. The van der Waals surface area contributed by atoms with Crippen molar-refractivity contribution in [3.05, 3.63) is 122 Å². The Morgan fingerprint density at radius 3 is 1.27 bits per heavy atom. The molecule has 2 saturated carbocycles. The Balaban J connectivity index is 0.00000108. The Labute approximate surface area is 331 Å². The molecule has 4 aromatic rings. The van der Waals surface area contributed by atoms with E-state index in [0.717, 1.165) is 11.5 Å². The van der Waals surface area contributed by atoms with Crippen LogP contribution in [0.1, 0.15) is 74.1 Å². The van der Waals surface area contributed by atoms with Gasteiger partial charge in [-0.25, -0.2) is 0 Å². The molecule has 2 aliphatic rings. The molecule has 4 aromatic carbocycles. The van der Waals surface area contributed by atoms with Gasteiger partial charge in [-0.3, -0.25) is 0 Å². The predicted octanol–water partition coefficient (Wildman–Crippen LogP) is 10.4. The van der Waals surface area contributed by atoms with E-state index in [0.29, 0.717) is 23.3 Å². The molecule has 4 atom stereocenters. The first-order valence-electron chi connectivity index (χ1n) is 18.3. The van der Waals surface area contributed by atoms with Gasteiger partial charge in [0.05, 0.1) is 14.2 Å². The predicted molar refractivity (Wildman–Crippen MR) is 230 cm³/mol. The second-order valence-electron chi connectivity index (χ2n) is 14.4. The van der Waals surface area contributed by atoms with E-state index < -0.39 is 15.8 Å². The molecule has 6 heteroatoms. The van der Waals surface area contributed by atoms with Gasteiger partial charge < -0.3 is 29.2 Å². The van der Waals surface area contributed by atoms with Crippen LogP contribution in [0.15, 0.2) is 84.9 Å². The summed E-state index contributed by atoms with van der Waals surface area (Å²) in [6.07, 6.45) is 9.98. The molecular formula is C46H65FeNO2P2. The molecule has 2 fully saturated rings. The van der Waals surface area contributed by atoms with E-state index >= 15 is 0 Å². The molecule has 284 valence electrons. The minimum absolute atomic E-state index is 0. The smallest absolute Gasteiger partial charge is 0.496 e. The van der Waals surface area contributed by atoms with Gasteiger partial charge >= 0.3 is 17.1 Å². The molecule has 0 heterocycles. The van der Waals surface area contributed by atoms with Crippen molar-refractivity contribution in [3.8, 4) is 11.5 Å². The monoisotopic (exact) mass is 781 g/mol. The maximum atomic E-state index is 5.86. The van der Waals surface area contributed by atoms with Gasteiger partial charge in [0, 0.05) is 6.04 Å². The molecule has 0 bridgehead atoms. The first kappa shape index (κ1) is 46.0. The normalized spacial score (nSPS) is 18.5. The number of hydrogen-bond acceptors (Lipinski definition) is 3. The van der Waals surface area contributed by atoms with Gasteiger partial charge in [-0.2, -0.15) is 0 Å². The molecule has 0 saturated heterocycles. The van der Waals surface area contributed by atoms with Crippen molar-refractivity contribution < 1.29 is 26.5 Å². The zero-order valence-electron chi connectivity index (χ0n) is 33.9. The van der Waals surface area contributed by atoms with Crippen molar-refractivity contribution in [2.24, 2.45) is 5.92 Å². The molecule has 6 rings (SSSR count). The van der Waals surface area contributed by atoms with E-state index in [1.165, 1.54) is 88.4 Å². The van der Waals surface area contributed by atoms with Gasteiger partial charge in [0.25, 0.3) is 0 Å². The molecule has 3 nitrogen and oxygen atoms in total. The summed E-state index contributed by atoms with van der Waals surface area (Å²) in [5, 5.41) is 5.90. The number of hydrogen-bond donors (Lipinski definition) is 0. The summed E-state index contributed by atoms with van der Waals surface area (Å²) in [6, 6.07) is 33.0. The Kier molecular flexibility index (Phi) is 19.1. The van der Waals surface area contributed by atoms with Crippen LogP contribution in [-0.4, -0.2) is 50.6 Å². The molecule has 0 spiro atoms. The number of benzene rings is 4. The van der Waals surface area contributed by atoms with Crippen molar-refractivity contribution in [1.82, 2.24) is 4.90 Å². The minimum atomic E-state index is -0.722. The van der Waals surface area contributed by atoms with E-state index in [9.17, 15) is 0 Å². The van der Waals surface area contributed by atoms with Crippen LogP contribution in [0.2, 0.25) is 0 Å². The molecule has 2 aliphatic carbocycles. The van der Waals surface area contributed by atoms with Crippen LogP contribution >= 0.6 is 15.8 Å². The van der Waals surface area contributed by atoms with Gasteiger partial charge in [-0.05, 0) is 162 Å². The zero-order valence-corrected chi connectivity index (χ0v) is 36.7. The average molecular weight is 782 g/mol. The molecule has 0 amide bonds. The quantitative estimate of drug-likeness (QED) is 0.0909. The van der Waals surface area contributed by atoms with Crippen molar-refractivity contribution in [1.29, 1.82) is 0 Å². The number of ether oxygens (including phenoxy) is 2. The van der Waals surface area contributed by atoms with Gasteiger partial charge in [0.15, 0.2) is 0 Å². The van der Waals surface area contributed by atoms with E-state index in [-0.39, 0.29) is 31.9 Å². The van der Waals surface area contributed by atoms with Crippen LogP contribution in [0.5, 0.6) is 11.5 Å². The van der Waals surface area contributed by atoms with Crippen LogP contribution in [0.3, 0.4) is 0 Å². The first-order chi connectivity index (χ1) is 23.7. The fourth-order valence-electron chi connectivity index (χ4n) is 8.41. The van der Waals surface area contributed by atoms with Gasteiger partial charge in [0.1, 0.15) is 11.5 Å². The Morgan fingerprint density at radius 1 is 0.577 bits per heavy atom. The fraction of sp³-hybridized carbons (Fsp3) is 0.435. The largest absolute Gasteiger partial charge is 2.00 e. The van der Waals surface area contributed by atoms with E-state index in [4.69, 9.17) is 9.47 Å². The summed E-state index contributed by atoms with van der Waals surface area (Å²) in [5.41, 5.74) is 5.94. The van der Waals surface area contributed by atoms with E-state index in [1.54, 1.807) is 14.2 Å². The second kappa shape index (κ2) is 21.6. The third-order valence-corrected chi connectivity index (χ3v) is 17.0. The van der Waals surface area contributed by atoms with Crippen molar-refractivity contribution in [2.45, 2.75) is 96.9 Å². The molecule has 0 aromatic heterocycles. The Hall–Kier alpha value is -2.18. The number of methoxy groups -OCH3 is 2. The zero-order chi connectivity index (χ0) is 35.1. The maximum absolute atomic E-state index is 5.86. The van der Waals surface area contributed by atoms with Crippen molar-refractivity contribution in [3.63, 3.8) is 0 Å². The SMILES string of the molecule is C1CCCC1.COc1c(C)cc(P(c2cc(C)c(OC)c(C)c2)C2C([C@@H](C)N(C)C)CCC2P(c2ccccc2)c2ccccc2)cc1C.[CH3-].[CH3-].[Fe+2]. The summed E-state index contributed by atoms with van der Waals surface area (Å²) in [5.74, 6) is 2.58. The van der Waals surface area contributed by atoms with Crippen LogP contribution in [0.25, 0.3) is 0 Å². The summed E-state index contributed by atoms with van der Waals surface area (Å²) in [6.45, 7) is 11.3. The van der Waals surface area contributed by atoms with Gasteiger partial charge in [0.2, 0.25) is 0 Å².